The highest BCUT2D eigenvalue weighted by molar-refractivity contribution is 7.89. The normalized spacial score (nSPS) is 13.0. The Morgan fingerprint density at radius 2 is 1.70 bits per heavy atom. The van der Waals surface area contributed by atoms with Crippen molar-refractivity contribution in [2.45, 2.75) is 11.3 Å². The zero-order chi connectivity index (χ0) is 24.2. The van der Waals surface area contributed by atoms with Gasteiger partial charge < -0.3 is 9.17 Å². The van der Waals surface area contributed by atoms with Crippen LogP contribution in [0.4, 0.5) is 17.6 Å². The fourth-order valence-electron chi connectivity index (χ4n) is 3.27. The minimum absolute atomic E-state index is 0.0213. The number of hydrogen-bond acceptors (Lipinski definition) is 7. The minimum Gasteiger partial charge on any atom is -0.355 e. The smallest absolute Gasteiger partial charge is 0.355 e. The molecule has 14 heteroatoms. The van der Waals surface area contributed by atoms with Gasteiger partial charge in [-0.05, 0) is 11.1 Å². The van der Waals surface area contributed by atoms with E-state index in [-0.39, 0.29) is 33.3 Å². The molecular formula is C19H13F4N3O5S2. The zero-order valence-electron chi connectivity index (χ0n) is 16.5. The van der Waals surface area contributed by atoms with Crippen molar-refractivity contribution in [2.75, 3.05) is 6.26 Å². The molecular weight excluding hydrogens is 490 g/mol. The lowest BCUT2D eigenvalue weighted by atomic mass is 10.0. The largest absolute Gasteiger partial charge is 0.534 e. The Balaban J connectivity index is 1.88. The Kier molecular flexibility index (Phi) is 5.32. The molecule has 3 heterocycles. The van der Waals surface area contributed by atoms with Crippen LogP contribution in [0.1, 0.15) is 5.56 Å². The lowest BCUT2D eigenvalue weighted by Crippen LogP contribution is -2.28. The van der Waals surface area contributed by atoms with Crippen molar-refractivity contribution in [1.29, 1.82) is 0 Å². The Morgan fingerprint density at radius 1 is 1.03 bits per heavy atom. The maximum absolute atomic E-state index is 14.8. The van der Waals surface area contributed by atoms with Crippen LogP contribution in [-0.2, 0) is 25.7 Å². The van der Waals surface area contributed by atoms with E-state index in [4.69, 9.17) is 0 Å². The maximum atomic E-state index is 14.8. The summed E-state index contributed by atoms with van der Waals surface area (Å²) in [6.07, 6.45) is 3.05. The van der Waals surface area contributed by atoms with Gasteiger partial charge in [0, 0.05) is 28.7 Å². The average molecular weight is 503 g/mol. The average Bonchev–Trinajstić information content (AvgIpc) is 3.04. The molecule has 174 valence electrons. The van der Waals surface area contributed by atoms with Gasteiger partial charge in [-0.2, -0.15) is 21.6 Å². The van der Waals surface area contributed by atoms with Gasteiger partial charge in [0.15, 0.2) is 9.84 Å². The monoisotopic (exact) mass is 503 g/mol. The van der Waals surface area contributed by atoms with Crippen LogP contribution in [0.5, 0.6) is 5.88 Å². The summed E-state index contributed by atoms with van der Waals surface area (Å²) in [5.41, 5.74) is -4.42. The van der Waals surface area contributed by atoms with Crippen molar-refractivity contribution in [2.24, 2.45) is 0 Å². The molecule has 1 aromatic carbocycles. The Hall–Kier alpha value is -3.26. The summed E-state index contributed by atoms with van der Waals surface area (Å²) in [5.74, 6) is -1.84. The maximum Gasteiger partial charge on any atom is 0.534 e. The molecule has 3 aromatic heterocycles. The fraction of sp³-hybridized carbons (Fsp3) is 0.158. The quantitative estimate of drug-likeness (QED) is 0.251. The molecule has 4 aromatic rings. The van der Waals surface area contributed by atoms with Gasteiger partial charge in [0.2, 0.25) is 5.88 Å². The van der Waals surface area contributed by atoms with Crippen LogP contribution in [0.15, 0.2) is 42.7 Å². The minimum atomic E-state index is -5.96. The summed E-state index contributed by atoms with van der Waals surface area (Å²) < 4.78 is 103. The molecule has 0 aliphatic rings. The van der Waals surface area contributed by atoms with E-state index in [0.29, 0.717) is 11.1 Å². The molecule has 0 saturated heterocycles. The number of pyridine rings is 2. The van der Waals surface area contributed by atoms with Crippen molar-refractivity contribution in [3.05, 3.63) is 54.1 Å². The standard InChI is InChI=1S/C19H13F4N3O5S2/c1-32(27,28)9-10-2-4-11(5-3-10)16-13(20)7-25-18-17(16)12-6-15(24-8-14(12)26-18)31-33(29,30)19(21,22)23/h2-8H,9H2,1H3,(H,25,26). The van der Waals surface area contributed by atoms with Crippen LogP contribution in [0.2, 0.25) is 0 Å². The SMILES string of the molecule is CS(=O)(=O)Cc1ccc(-c2c(F)cnc3[nH]c4cnc(OS(=O)(=O)C(F)(F)F)cc4c23)cc1. The number of nitrogens with zero attached hydrogens (tertiary/aromatic N) is 2. The van der Waals surface area contributed by atoms with Gasteiger partial charge in [-0.1, -0.05) is 24.3 Å². The van der Waals surface area contributed by atoms with Gasteiger partial charge >= 0.3 is 15.6 Å². The number of sulfone groups is 1. The van der Waals surface area contributed by atoms with E-state index in [1.54, 1.807) is 0 Å². The Labute approximate surface area is 184 Å². The highest BCUT2D eigenvalue weighted by atomic mass is 32.2. The van der Waals surface area contributed by atoms with E-state index in [1.807, 2.05) is 0 Å². The molecule has 0 radical (unpaired) electrons. The van der Waals surface area contributed by atoms with Crippen LogP contribution >= 0.6 is 0 Å². The van der Waals surface area contributed by atoms with Crippen LogP contribution < -0.4 is 4.18 Å². The molecule has 1 N–H and O–H groups in total. The van der Waals surface area contributed by atoms with E-state index in [2.05, 4.69) is 19.1 Å². The van der Waals surface area contributed by atoms with Gasteiger partial charge in [-0.25, -0.2) is 22.8 Å². The third kappa shape index (κ3) is 4.48. The van der Waals surface area contributed by atoms with Crippen LogP contribution in [-0.4, -0.2) is 43.6 Å². The van der Waals surface area contributed by atoms with E-state index in [0.717, 1.165) is 24.7 Å². The van der Waals surface area contributed by atoms with Crippen LogP contribution in [0, 0.1) is 5.82 Å². The summed E-state index contributed by atoms with van der Waals surface area (Å²) in [7, 11) is -9.24. The molecule has 0 unspecified atom stereocenters. The van der Waals surface area contributed by atoms with Crippen molar-refractivity contribution in [3.63, 3.8) is 0 Å². The van der Waals surface area contributed by atoms with Gasteiger partial charge in [0.05, 0.1) is 23.7 Å². The molecule has 33 heavy (non-hydrogen) atoms. The van der Waals surface area contributed by atoms with Crippen molar-refractivity contribution in [1.82, 2.24) is 15.0 Å². The molecule has 0 bridgehead atoms. The second-order valence-corrected chi connectivity index (χ2v) is 10.8. The summed E-state index contributed by atoms with van der Waals surface area (Å²) in [6, 6.07) is 6.92. The predicted octanol–water partition coefficient (Wildman–Crippen LogP) is 3.69. The first kappa shape index (κ1) is 22.9. The number of hydrogen-bond donors (Lipinski definition) is 1. The first-order chi connectivity index (χ1) is 15.2. The van der Waals surface area contributed by atoms with Crippen LogP contribution in [0.25, 0.3) is 33.1 Å². The van der Waals surface area contributed by atoms with Gasteiger partial charge in [-0.3, -0.25) is 0 Å². The summed E-state index contributed by atoms with van der Waals surface area (Å²) in [4.78, 5) is 10.3. The molecule has 8 nitrogen and oxygen atoms in total. The number of rotatable bonds is 5. The molecule has 0 aliphatic heterocycles. The molecule has 0 aliphatic carbocycles. The van der Waals surface area contributed by atoms with E-state index in [1.165, 1.54) is 24.3 Å². The lowest BCUT2D eigenvalue weighted by Gasteiger charge is -2.09. The summed E-state index contributed by atoms with van der Waals surface area (Å²) in [6.45, 7) is 0. The first-order valence-electron chi connectivity index (χ1n) is 8.99. The highest BCUT2D eigenvalue weighted by Gasteiger charge is 2.48. The molecule has 0 atom stereocenters. The number of alkyl halides is 3. The third-order valence-electron chi connectivity index (χ3n) is 4.58. The topological polar surface area (TPSA) is 119 Å². The molecule has 0 amide bonds. The van der Waals surface area contributed by atoms with Gasteiger partial charge in [0.25, 0.3) is 0 Å². The molecule has 0 fully saturated rings. The van der Waals surface area contributed by atoms with Crippen LogP contribution in [0.3, 0.4) is 0 Å². The molecule has 0 spiro atoms. The second-order valence-electron chi connectivity index (χ2n) is 7.15. The molecule has 0 saturated carbocycles. The van der Waals surface area contributed by atoms with E-state index in [9.17, 15) is 34.4 Å². The first-order valence-corrected chi connectivity index (χ1v) is 12.5. The Bertz CT molecular complexity index is 1600. The summed E-state index contributed by atoms with van der Waals surface area (Å²) >= 11 is 0. The van der Waals surface area contributed by atoms with Gasteiger partial charge in [0.1, 0.15) is 11.5 Å². The van der Waals surface area contributed by atoms with E-state index >= 15 is 0 Å². The van der Waals surface area contributed by atoms with E-state index < -0.39 is 37.2 Å². The van der Waals surface area contributed by atoms with Crippen molar-refractivity contribution < 1.29 is 38.6 Å². The summed E-state index contributed by atoms with van der Waals surface area (Å²) in [5, 5.41) is 0.270. The number of aromatic amines is 1. The zero-order valence-corrected chi connectivity index (χ0v) is 18.1. The predicted molar refractivity (Wildman–Crippen MR) is 111 cm³/mol. The van der Waals surface area contributed by atoms with Gasteiger partial charge in [-0.15, -0.1) is 0 Å². The number of benzene rings is 1. The fourth-order valence-corrected chi connectivity index (χ4v) is 4.48. The molecule has 4 rings (SSSR count). The number of aromatic nitrogens is 3. The van der Waals surface area contributed by atoms with Crippen molar-refractivity contribution in [3.8, 4) is 17.0 Å². The lowest BCUT2D eigenvalue weighted by molar-refractivity contribution is -0.0501. The second kappa shape index (κ2) is 7.66. The highest BCUT2D eigenvalue weighted by Crippen LogP contribution is 2.37. The number of fused-ring (bicyclic) bond motifs is 3. The number of halogens is 4. The Morgan fingerprint density at radius 3 is 2.30 bits per heavy atom. The number of nitrogens with one attached hydrogen (secondary N) is 1. The third-order valence-corrected chi connectivity index (χ3v) is 6.40. The number of H-pyrrole nitrogens is 1. The van der Waals surface area contributed by atoms with Crippen molar-refractivity contribution >= 4 is 41.9 Å².